The van der Waals surface area contributed by atoms with Gasteiger partial charge in [-0.2, -0.15) is 0 Å². The molecule has 4 heteroatoms. The number of aromatic hydroxyl groups is 2. The Morgan fingerprint density at radius 3 is 2.22 bits per heavy atom. The quantitative estimate of drug-likeness (QED) is 0.502. The minimum atomic E-state index is 0.195. The van der Waals surface area contributed by atoms with E-state index in [1.54, 1.807) is 32.4 Å². The van der Waals surface area contributed by atoms with Crippen LogP contribution < -0.4 is 9.47 Å². The summed E-state index contributed by atoms with van der Waals surface area (Å²) in [7, 11) is 3.26. The number of phenols is 2. The van der Waals surface area contributed by atoms with Gasteiger partial charge in [0.1, 0.15) is 23.0 Å². The van der Waals surface area contributed by atoms with E-state index in [4.69, 9.17) is 9.47 Å². The zero-order valence-corrected chi connectivity index (χ0v) is 15.2. The highest BCUT2D eigenvalue weighted by Gasteiger charge is 2.15. The minimum absolute atomic E-state index is 0.195. The number of methoxy groups -OCH3 is 2. The van der Waals surface area contributed by atoms with Crippen molar-refractivity contribution in [3.63, 3.8) is 0 Å². The van der Waals surface area contributed by atoms with Gasteiger partial charge in [-0.3, -0.25) is 0 Å². The summed E-state index contributed by atoms with van der Waals surface area (Å²) in [4.78, 5) is 0. The van der Waals surface area contributed by atoms with Crippen molar-refractivity contribution in [1.29, 1.82) is 0 Å². The van der Waals surface area contributed by atoms with Gasteiger partial charge in [0.15, 0.2) is 0 Å². The number of ether oxygens (including phenoxy) is 2. The van der Waals surface area contributed by atoms with Crippen molar-refractivity contribution in [1.82, 2.24) is 0 Å². The predicted molar refractivity (Wildman–Crippen MR) is 107 cm³/mol. The van der Waals surface area contributed by atoms with Gasteiger partial charge in [0.2, 0.25) is 0 Å². The molecule has 0 fully saturated rings. The molecule has 0 aliphatic rings. The first-order valence-corrected chi connectivity index (χ1v) is 8.68. The van der Waals surface area contributed by atoms with E-state index < -0.39 is 0 Å². The molecule has 0 saturated carbocycles. The van der Waals surface area contributed by atoms with Crippen molar-refractivity contribution in [2.75, 3.05) is 14.2 Å². The summed E-state index contributed by atoms with van der Waals surface area (Å²) < 4.78 is 10.9. The zero-order chi connectivity index (χ0) is 19.0. The van der Waals surface area contributed by atoms with E-state index in [1.165, 1.54) is 0 Å². The molecule has 27 heavy (non-hydrogen) atoms. The summed E-state index contributed by atoms with van der Waals surface area (Å²) in [5.41, 5.74) is 1.83. The molecule has 2 N–H and O–H groups in total. The highest BCUT2D eigenvalue weighted by Crippen LogP contribution is 2.41. The van der Waals surface area contributed by atoms with Gasteiger partial charge in [-0.1, -0.05) is 24.3 Å². The van der Waals surface area contributed by atoms with Crippen LogP contribution in [0.15, 0.2) is 60.7 Å². The van der Waals surface area contributed by atoms with E-state index in [9.17, 15) is 10.2 Å². The molecular formula is C23H20O4. The monoisotopic (exact) mass is 360 g/mol. The largest absolute Gasteiger partial charge is 0.508 e. The number of hydrogen-bond donors (Lipinski definition) is 2. The van der Waals surface area contributed by atoms with Crippen LogP contribution in [0.5, 0.6) is 23.0 Å². The molecular weight excluding hydrogens is 340 g/mol. The van der Waals surface area contributed by atoms with E-state index in [0.29, 0.717) is 12.2 Å². The van der Waals surface area contributed by atoms with Gasteiger partial charge in [0, 0.05) is 23.4 Å². The number of benzene rings is 4. The normalized spacial score (nSPS) is 11.0. The SMILES string of the molecule is COc1ccc2c(ccc3c(Cc4ccc(O)cc4)c(O)cc(OC)c32)c1. The molecule has 4 aromatic rings. The molecule has 0 spiro atoms. The maximum atomic E-state index is 10.6. The molecule has 0 saturated heterocycles. The van der Waals surface area contributed by atoms with Gasteiger partial charge in [0.25, 0.3) is 0 Å². The van der Waals surface area contributed by atoms with Gasteiger partial charge in [0.05, 0.1) is 14.2 Å². The molecule has 0 bridgehead atoms. The van der Waals surface area contributed by atoms with Crippen molar-refractivity contribution >= 4 is 21.5 Å². The highest BCUT2D eigenvalue weighted by molar-refractivity contribution is 6.12. The standard InChI is InChI=1S/C23H20O4/c1-26-17-8-10-18-15(12-17)5-9-19-20(11-14-3-6-16(24)7-4-14)21(25)13-22(27-2)23(18)19/h3-10,12-13,24-25H,11H2,1-2H3. The Bertz CT molecular complexity index is 1130. The van der Waals surface area contributed by atoms with E-state index >= 15 is 0 Å². The average Bonchev–Trinajstić information content (AvgIpc) is 2.70. The van der Waals surface area contributed by atoms with Crippen LogP contribution >= 0.6 is 0 Å². The summed E-state index contributed by atoms with van der Waals surface area (Å²) >= 11 is 0. The third-order valence-corrected chi connectivity index (χ3v) is 4.91. The summed E-state index contributed by atoms with van der Waals surface area (Å²) in [5.74, 6) is 1.85. The summed E-state index contributed by atoms with van der Waals surface area (Å²) in [5, 5.41) is 24.1. The van der Waals surface area contributed by atoms with Crippen molar-refractivity contribution in [2.24, 2.45) is 0 Å². The molecule has 0 unspecified atom stereocenters. The van der Waals surface area contributed by atoms with Crippen molar-refractivity contribution in [3.05, 3.63) is 71.8 Å². The van der Waals surface area contributed by atoms with Crippen molar-refractivity contribution in [3.8, 4) is 23.0 Å². The lowest BCUT2D eigenvalue weighted by molar-refractivity contribution is 0.412. The van der Waals surface area contributed by atoms with Crippen LogP contribution in [0.4, 0.5) is 0 Å². The third kappa shape index (κ3) is 2.99. The zero-order valence-electron chi connectivity index (χ0n) is 15.2. The second-order valence-corrected chi connectivity index (χ2v) is 6.49. The lowest BCUT2D eigenvalue weighted by atomic mass is 9.93. The van der Waals surface area contributed by atoms with Gasteiger partial charge in [-0.25, -0.2) is 0 Å². The van der Waals surface area contributed by atoms with Crippen LogP contribution in [-0.2, 0) is 6.42 Å². The molecule has 0 aliphatic carbocycles. The van der Waals surface area contributed by atoms with Crippen LogP contribution in [0.25, 0.3) is 21.5 Å². The Morgan fingerprint density at radius 1 is 0.778 bits per heavy atom. The average molecular weight is 360 g/mol. The first-order chi connectivity index (χ1) is 13.1. The molecule has 0 atom stereocenters. The van der Waals surface area contributed by atoms with Crippen LogP contribution in [-0.4, -0.2) is 24.4 Å². The lowest BCUT2D eigenvalue weighted by Crippen LogP contribution is -1.95. The van der Waals surface area contributed by atoms with Crippen LogP contribution in [0, 0.1) is 0 Å². The first kappa shape index (κ1) is 17.0. The number of hydrogen-bond acceptors (Lipinski definition) is 4. The third-order valence-electron chi connectivity index (χ3n) is 4.91. The van der Waals surface area contributed by atoms with Gasteiger partial charge >= 0.3 is 0 Å². The van der Waals surface area contributed by atoms with Crippen LogP contribution in [0.3, 0.4) is 0 Å². The van der Waals surface area contributed by atoms with E-state index in [-0.39, 0.29) is 11.5 Å². The molecule has 4 rings (SSSR count). The van der Waals surface area contributed by atoms with Gasteiger partial charge in [-0.05, 0) is 52.1 Å². The minimum Gasteiger partial charge on any atom is -0.508 e. The maximum Gasteiger partial charge on any atom is 0.131 e. The molecule has 4 aromatic carbocycles. The molecule has 136 valence electrons. The summed E-state index contributed by atoms with van der Waals surface area (Å²) in [6.45, 7) is 0. The number of phenolic OH excluding ortho intramolecular Hbond substituents is 2. The van der Waals surface area contributed by atoms with E-state index in [0.717, 1.165) is 38.4 Å². The Kier molecular flexibility index (Phi) is 4.24. The molecule has 0 aliphatic heterocycles. The molecule has 0 amide bonds. The molecule has 0 radical (unpaired) electrons. The van der Waals surface area contributed by atoms with Crippen LogP contribution in [0.1, 0.15) is 11.1 Å². The second-order valence-electron chi connectivity index (χ2n) is 6.49. The molecule has 0 heterocycles. The fourth-order valence-electron chi connectivity index (χ4n) is 3.54. The molecule has 0 aromatic heterocycles. The number of fused-ring (bicyclic) bond motifs is 3. The Hall–Kier alpha value is -3.40. The van der Waals surface area contributed by atoms with E-state index in [2.05, 4.69) is 0 Å². The predicted octanol–water partition coefficient (Wildman–Crippen LogP) is 5.01. The smallest absolute Gasteiger partial charge is 0.131 e. The van der Waals surface area contributed by atoms with Crippen LogP contribution in [0.2, 0.25) is 0 Å². The fourth-order valence-corrected chi connectivity index (χ4v) is 3.54. The lowest BCUT2D eigenvalue weighted by Gasteiger charge is -2.15. The van der Waals surface area contributed by atoms with Crippen molar-refractivity contribution < 1.29 is 19.7 Å². The van der Waals surface area contributed by atoms with Crippen molar-refractivity contribution in [2.45, 2.75) is 6.42 Å². The number of rotatable bonds is 4. The Labute approximate surface area is 157 Å². The molecule has 4 nitrogen and oxygen atoms in total. The van der Waals surface area contributed by atoms with Gasteiger partial charge in [-0.15, -0.1) is 0 Å². The second kappa shape index (κ2) is 6.72. The van der Waals surface area contributed by atoms with E-state index in [1.807, 2.05) is 42.5 Å². The Balaban J connectivity index is 1.97. The highest BCUT2D eigenvalue weighted by atomic mass is 16.5. The summed E-state index contributed by atoms with van der Waals surface area (Å²) in [6.07, 6.45) is 0.550. The fraction of sp³-hybridized carbons (Fsp3) is 0.130. The Morgan fingerprint density at radius 2 is 1.52 bits per heavy atom. The first-order valence-electron chi connectivity index (χ1n) is 8.68. The topological polar surface area (TPSA) is 58.9 Å². The maximum absolute atomic E-state index is 10.6. The summed E-state index contributed by atoms with van der Waals surface area (Å²) in [6, 6.07) is 18.7. The van der Waals surface area contributed by atoms with Gasteiger partial charge < -0.3 is 19.7 Å².